The van der Waals surface area contributed by atoms with E-state index >= 15 is 0 Å². The fraction of sp³-hybridized carbons (Fsp3) is 0.250. The monoisotopic (exact) mass is 452 g/mol. The van der Waals surface area contributed by atoms with Crippen molar-refractivity contribution in [2.24, 2.45) is 0 Å². The smallest absolute Gasteiger partial charge is 0.253 e. The average Bonchev–Trinajstić information content (AvgIpc) is 3.12. The van der Waals surface area contributed by atoms with Crippen LogP contribution in [0.5, 0.6) is 0 Å². The lowest BCUT2D eigenvalue weighted by Crippen LogP contribution is -2.32. The molecule has 1 heterocycles. The molecule has 3 rings (SSSR count). The lowest BCUT2D eigenvalue weighted by atomic mass is 10.2. The van der Waals surface area contributed by atoms with Crippen LogP contribution in [-0.2, 0) is 10.5 Å². The highest BCUT2D eigenvalue weighted by molar-refractivity contribution is 7.98. The van der Waals surface area contributed by atoms with Crippen LogP contribution in [0.3, 0.4) is 0 Å². The van der Waals surface area contributed by atoms with E-state index in [0.29, 0.717) is 16.7 Å². The number of hydrogen-bond acceptors (Lipinski definition) is 4. The number of nitrogens with one attached hydrogen (secondary N) is 1. The highest BCUT2D eigenvalue weighted by atomic mass is 35.5. The summed E-state index contributed by atoms with van der Waals surface area (Å²) in [7, 11) is 0. The number of aromatic nitrogens is 3. The minimum atomic E-state index is -1.17. The largest absolute Gasteiger partial charge is 0.344 e. The third-order valence-electron chi connectivity index (χ3n) is 4.18. The number of amides is 1. The number of thioether (sulfide) groups is 1. The number of aryl methyl sites for hydroxylation is 1. The van der Waals surface area contributed by atoms with E-state index in [0.717, 1.165) is 16.8 Å². The van der Waals surface area contributed by atoms with Crippen LogP contribution in [0.25, 0.3) is 5.69 Å². The average molecular weight is 453 g/mol. The van der Waals surface area contributed by atoms with Gasteiger partial charge >= 0.3 is 0 Å². The van der Waals surface area contributed by atoms with Crippen molar-refractivity contribution in [2.75, 3.05) is 0 Å². The highest BCUT2D eigenvalue weighted by Crippen LogP contribution is 2.28. The molecule has 0 saturated carbocycles. The quantitative estimate of drug-likeness (QED) is 0.405. The number of hydrogen-bond donors (Lipinski definition) is 1. The molecule has 29 heavy (non-hydrogen) atoms. The molecule has 9 heteroatoms. The summed E-state index contributed by atoms with van der Waals surface area (Å²) in [4.78, 5) is 10.7. The number of benzene rings is 2. The van der Waals surface area contributed by atoms with Crippen molar-refractivity contribution in [1.82, 2.24) is 20.1 Å². The van der Waals surface area contributed by atoms with Gasteiger partial charge in [0.15, 0.2) is 15.8 Å². The number of carbonyl (C=O) groups is 1. The number of alkyl halides is 2. The second-order valence-electron chi connectivity index (χ2n) is 6.46. The summed E-state index contributed by atoms with van der Waals surface area (Å²) in [6.07, 6.45) is 0. The predicted molar refractivity (Wildman–Crippen MR) is 114 cm³/mol. The fourth-order valence-electron chi connectivity index (χ4n) is 2.66. The second-order valence-corrected chi connectivity index (χ2v) is 8.50. The van der Waals surface area contributed by atoms with Gasteiger partial charge in [-0.15, -0.1) is 10.2 Å². The van der Waals surface area contributed by atoms with Crippen LogP contribution in [0, 0.1) is 12.7 Å². The molecule has 5 nitrogen and oxygen atoms in total. The molecule has 0 fully saturated rings. The summed E-state index contributed by atoms with van der Waals surface area (Å²) >= 11 is 12.8. The normalized spacial score (nSPS) is 12.2. The van der Waals surface area contributed by atoms with E-state index in [-0.39, 0.29) is 5.82 Å². The second kappa shape index (κ2) is 9.61. The zero-order valence-corrected chi connectivity index (χ0v) is 18.1. The zero-order valence-electron chi connectivity index (χ0n) is 15.8. The first kappa shape index (κ1) is 21.6. The first-order valence-corrected chi connectivity index (χ1v) is 10.7. The molecule has 0 spiro atoms. The molecule has 0 radical (unpaired) electrons. The molecule has 1 aromatic heterocycles. The third kappa shape index (κ3) is 5.50. The Kier molecular flexibility index (Phi) is 7.16. The molecule has 152 valence electrons. The Labute approximate surface area is 182 Å². The van der Waals surface area contributed by atoms with E-state index < -0.39 is 16.8 Å². The Morgan fingerprint density at radius 2 is 1.79 bits per heavy atom. The van der Waals surface area contributed by atoms with Crippen LogP contribution in [0.2, 0.25) is 0 Å². The summed E-state index contributed by atoms with van der Waals surface area (Å²) < 4.78 is 15.0. The van der Waals surface area contributed by atoms with Crippen LogP contribution >= 0.6 is 35.0 Å². The fourth-order valence-corrected chi connectivity index (χ4v) is 3.70. The van der Waals surface area contributed by atoms with E-state index in [1.807, 2.05) is 35.8 Å². The van der Waals surface area contributed by atoms with E-state index in [1.165, 1.54) is 23.9 Å². The number of nitrogens with zero attached hydrogens (tertiary/aromatic N) is 3. The van der Waals surface area contributed by atoms with Gasteiger partial charge in [-0.25, -0.2) is 4.39 Å². The van der Waals surface area contributed by atoms with Gasteiger partial charge in [-0.1, -0.05) is 64.8 Å². The van der Waals surface area contributed by atoms with Crippen molar-refractivity contribution >= 4 is 40.9 Å². The maximum absolute atomic E-state index is 13.1. The van der Waals surface area contributed by atoms with Gasteiger partial charge in [-0.05, 0) is 43.7 Å². The molecule has 2 aromatic carbocycles. The van der Waals surface area contributed by atoms with Crippen molar-refractivity contribution in [3.8, 4) is 5.69 Å². The first-order chi connectivity index (χ1) is 13.8. The molecule has 1 N–H and O–H groups in total. The van der Waals surface area contributed by atoms with Gasteiger partial charge in [0.25, 0.3) is 5.91 Å². The maximum atomic E-state index is 13.1. The lowest BCUT2D eigenvalue weighted by Gasteiger charge is -2.16. The first-order valence-electron chi connectivity index (χ1n) is 8.83. The Hall–Kier alpha value is -2.09. The molecule has 0 aliphatic rings. The Morgan fingerprint density at radius 1 is 1.14 bits per heavy atom. The summed E-state index contributed by atoms with van der Waals surface area (Å²) in [5.41, 5.74) is 2.95. The van der Waals surface area contributed by atoms with Crippen LogP contribution in [0.1, 0.15) is 29.9 Å². The van der Waals surface area contributed by atoms with Crippen LogP contribution in [-0.4, -0.2) is 25.5 Å². The summed E-state index contributed by atoms with van der Waals surface area (Å²) in [5, 5.41) is 12.0. The Bertz CT molecular complexity index is 977. The molecule has 1 amide bonds. The van der Waals surface area contributed by atoms with Gasteiger partial charge < -0.3 is 5.32 Å². The predicted octanol–water partition coefficient (Wildman–Crippen LogP) is 4.99. The Morgan fingerprint density at radius 3 is 2.41 bits per heavy atom. The van der Waals surface area contributed by atoms with Crippen LogP contribution in [0.4, 0.5) is 4.39 Å². The van der Waals surface area contributed by atoms with E-state index in [9.17, 15) is 9.18 Å². The molecule has 1 unspecified atom stereocenters. The van der Waals surface area contributed by atoms with Gasteiger partial charge in [0.2, 0.25) is 0 Å². The van der Waals surface area contributed by atoms with E-state index in [1.54, 1.807) is 19.1 Å². The Balaban J connectivity index is 1.91. The molecule has 0 aliphatic heterocycles. The molecular weight excluding hydrogens is 434 g/mol. The molecule has 0 saturated heterocycles. The zero-order chi connectivity index (χ0) is 21.0. The van der Waals surface area contributed by atoms with Crippen molar-refractivity contribution in [3.05, 3.63) is 71.3 Å². The van der Waals surface area contributed by atoms with E-state index in [4.69, 9.17) is 23.2 Å². The highest BCUT2D eigenvalue weighted by Gasteiger charge is 2.23. The molecular formula is C20H19Cl2FN4OS. The topological polar surface area (TPSA) is 59.8 Å². The molecule has 0 bridgehead atoms. The van der Waals surface area contributed by atoms with Crippen molar-refractivity contribution < 1.29 is 9.18 Å². The number of carbonyl (C=O) groups excluding carboxylic acids is 1. The minimum Gasteiger partial charge on any atom is -0.344 e. The van der Waals surface area contributed by atoms with Gasteiger partial charge in [0, 0.05) is 11.4 Å². The third-order valence-corrected chi connectivity index (χ3v) is 5.57. The van der Waals surface area contributed by atoms with Crippen molar-refractivity contribution in [1.29, 1.82) is 0 Å². The van der Waals surface area contributed by atoms with Gasteiger partial charge in [-0.3, -0.25) is 9.36 Å². The molecule has 3 aromatic rings. The standard InChI is InChI=1S/C20H19Cl2FN4OS/c1-12-3-9-16(10-4-12)27-18(13(2)24-19(28)17(21)22)25-26-20(27)29-11-14-5-7-15(23)8-6-14/h3-10,13,17H,11H2,1-2H3,(H,24,28). The molecule has 1 atom stereocenters. The number of rotatable bonds is 7. The van der Waals surface area contributed by atoms with Crippen LogP contribution < -0.4 is 5.32 Å². The van der Waals surface area contributed by atoms with Gasteiger partial charge in [0.05, 0.1) is 6.04 Å². The maximum Gasteiger partial charge on any atom is 0.253 e. The SMILES string of the molecule is Cc1ccc(-n2c(SCc3ccc(F)cc3)nnc2C(C)NC(=O)C(Cl)Cl)cc1. The van der Waals surface area contributed by atoms with Crippen molar-refractivity contribution in [3.63, 3.8) is 0 Å². The summed E-state index contributed by atoms with van der Waals surface area (Å²) in [5.74, 6) is 0.374. The van der Waals surface area contributed by atoms with Gasteiger partial charge in [0.1, 0.15) is 5.82 Å². The summed E-state index contributed by atoms with van der Waals surface area (Å²) in [6.45, 7) is 3.79. The molecule has 0 aliphatic carbocycles. The van der Waals surface area contributed by atoms with Crippen molar-refractivity contribution in [2.45, 2.75) is 35.6 Å². The van der Waals surface area contributed by atoms with Crippen LogP contribution in [0.15, 0.2) is 53.7 Å². The summed E-state index contributed by atoms with van der Waals surface area (Å²) in [6, 6.07) is 13.8. The lowest BCUT2D eigenvalue weighted by molar-refractivity contribution is -0.120. The number of halogens is 3. The minimum absolute atomic E-state index is 0.273. The van der Waals surface area contributed by atoms with Gasteiger partial charge in [-0.2, -0.15) is 0 Å². The van der Waals surface area contributed by atoms with E-state index in [2.05, 4.69) is 15.5 Å².